The molecule has 1 heterocycles. The third-order valence-corrected chi connectivity index (χ3v) is 8.22. The van der Waals surface area contributed by atoms with Crippen molar-refractivity contribution in [2.24, 2.45) is 23.2 Å². The Bertz CT molecular complexity index is 857. The summed E-state index contributed by atoms with van der Waals surface area (Å²) in [5.41, 5.74) is 2.61. The summed E-state index contributed by atoms with van der Waals surface area (Å²) in [7, 11) is 0. The molecule has 2 aliphatic rings. The standard InChI is InChI=1S/C26H35N2OS/c1-4-5-7-14-22-23(18-11-8-6-9-12-18)30-25(28-22)24(29)27-17-19-13-10-15-26(2,3)21-16-20(19)21/h6,8-9,11-12,15,19-21H,4-5,7,10,13-14,16-17H2,1-3H3,(H,27,29). The van der Waals surface area contributed by atoms with Crippen LogP contribution < -0.4 is 5.32 Å². The van der Waals surface area contributed by atoms with Gasteiger partial charge in [-0.25, -0.2) is 4.98 Å². The normalized spacial score (nSPS) is 24.7. The molecule has 3 atom stereocenters. The van der Waals surface area contributed by atoms with Gasteiger partial charge in [-0.05, 0) is 67.3 Å². The van der Waals surface area contributed by atoms with Gasteiger partial charge in [0.1, 0.15) is 0 Å². The molecule has 0 saturated heterocycles. The number of hydrogen-bond donors (Lipinski definition) is 1. The number of aromatic nitrogens is 1. The Balaban J connectivity index is 1.43. The lowest BCUT2D eigenvalue weighted by atomic mass is 9.83. The maximum absolute atomic E-state index is 13.0. The fourth-order valence-electron chi connectivity index (χ4n) is 5.15. The minimum atomic E-state index is 0.00334. The predicted molar refractivity (Wildman–Crippen MR) is 126 cm³/mol. The van der Waals surface area contributed by atoms with Gasteiger partial charge in [0, 0.05) is 6.54 Å². The molecule has 0 aliphatic heterocycles. The minimum Gasteiger partial charge on any atom is -0.350 e. The number of aryl methyl sites for hydroxylation is 1. The van der Waals surface area contributed by atoms with Crippen LogP contribution in [0.25, 0.3) is 10.4 Å². The Labute approximate surface area is 185 Å². The zero-order chi connectivity index (χ0) is 21.1. The van der Waals surface area contributed by atoms with Crippen LogP contribution in [0, 0.1) is 29.6 Å². The van der Waals surface area contributed by atoms with E-state index in [9.17, 15) is 4.79 Å². The minimum absolute atomic E-state index is 0.00334. The Morgan fingerprint density at radius 1 is 1.23 bits per heavy atom. The maximum Gasteiger partial charge on any atom is 0.280 e. The van der Waals surface area contributed by atoms with Crippen molar-refractivity contribution < 1.29 is 4.79 Å². The number of carbonyl (C=O) groups is 1. The van der Waals surface area contributed by atoms with Crippen LogP contribution in [0.2, 0.25) is 0 Å². The summed E-state index contributed by atoms with van der Waals surface area (Å²) in [5, 5.41) is 3.85. The molecule has 2 fully saturated rings. The van der Waals surface area contributed by atoms with Crippen molar-refractivity contribution in [1.82, 2.24) is 10.3 Å². The van der Waals surface area contributed by atoms with E-state index >= 15 is 0 Å². The first kappa shape index (κ1) is 21.5. The highest BCUT2D eigenvalue weighted by Crippen LogP contribution is 2.58. The maximum atomic E-state index is 13.0. The first-order valence-corrected chi connectivity index (χ1v) is 12.5. The van der Waals surface area contributed by atoms with Crippen LogP contribution in [0.3, 0.4) is 0 Å². The van der Waals surface area contributed by atoms with Crippen molar-refractivity contribution in [1.29, 1.82) is 0 Å². The fourth-order valence-corrected chi connectivity index (χ4v) is 6.19. The molecule has 1 radical (unpaired) electrons. The van der Waals surface area contributed by atoms with Gasteiger partial charge in [0.25, 0.3) is 5.91 Å². The number of nitrogens with zero attached hydrogens (tertiary/aromatic N) is 1. The predicted octanol–water partition coefficient (Wildman–Crippen LogP) is 6.55. The number of carbonyl (C=O) groups excluding carboxylic acids is 1. The Morgan fingerprint density at radius 2 is 2.03 bits per heavy atom. The van der Waals surface area contributed by atoms with Crippen LogP contribution in [0.5, 0.6) is 0 Å². The average Bonchev–Trinajstić information content (AvgIpc) is 3.46. The van der Waals surface area contributed by atoms with Gasteiger partial charge in [-0.15, -0.1) is 11.3 Å². The number of amides is 1. The smallest absolute Gasteiger partial charge is 0.280 e. The third-order valence-electron chi connectivity index (χ3n) is 7.08. The number of nitrogens with one attached hydrogen (secondary N) is 1. The van der Waals surface area contributed by atoms with E-state index < -0.39 is 0 Å². The molecule has 161 valence electrons. The summed E-state index contributed by atoms with van der Waals surface area (Å²) in [6.07, 6.45) is 10.6. The highest BCUT2D eigenvalue weighted by molar-refractivity contribution is 7.17. The second-order valence-corrected chi connectivity index (χ2v) is 10.7. The van der Waals surface area contributed by atoms with E-state index in [-0.39, 0.29) is 5.91 Å². The SMILES string of the molecule is CCCCCc1nc(C(=O)NCC2CC[CH]C(C)(C)C3CC23)sc1-c1ccccc1. The Morgan fingerprint density at radius 3 is 2.80 bits per heavy atom. The lowest BCUT2D eigenvalue weighted by Gasteiger charge is -2.22. The number of rotatable bonds is 8. The molecule has 1 N–H and O–H groups in total. The van der Waals surface area contributed by atoms with Crippen LogP contribution in [0.15, 0.2) is 30.3 Å². The number of hydrogen-bond acceptors (Lipinski definition) is 3. The van der Waals surface area contributed by atoms with E-state index in [4.69, 9.17) is 4.98 Å². The monoisotopic (exact) mass is 423 g/mol. The molecule has 3 nitrogen and oxygen atoms in total. The van der Waals surface area contributed by atoms with Gasteiger partial charge >= 0.3 is 0 Å². The van der Waals surface area contributed by atoms with Crippen molar-refractivity contribution in [2.75, 3.05) is 6.54 Å². The summed E-state index contributed by atoms with van der Waals surface area (Å²) >= 11 is 1.55. The van der Waals surface area contributed by atoms with E-state index in [0.29, 0.717) is 16.3 Å². The first-order chi connectivity index (χ1) is 14.5. The van der Waals surface area contributed by atoms with E-state index in [2.05, 4.69) is 56.8 Å². The number of fused-ring (bicyclic) bond motifs is 1. The Hall–Kier alpha value is -1.68. The van der Waals surface area contributed by atoms with Crippen LogP contribution >= 0.6 is 11.3 Å². The lowest BCUT2D eigenvalue weighted by Crippen LogP contribution is -2.30. The molecule has 4 rings (SSSR count). The highest BCUT2D eigenvalue weighted by atomic mass is 32.1. The molecule has 2 saturated carbocycles. The van der Waals surface area contributed by atoms with Crippen molar-refractivity contribution in [3.63, 3.8) is 0 Å². The van der Waals surface area contributed by atoms with Crippen molar-refractivity contribution >= 4 is 17.2 Å². The van der Waals surface area contributed by atoms with Crippen molar-refractivity contribution in [2.45, 2.75) is 65.7 Å². The zero-order valence-electron chi connectivity index (χ0n) is 18.6. The molecular formula is C26H35N2OS. The molecule has 1 aromatic heterocycles. The molecule has 1 amide bonds. The molecule has 0 bridgehead atoms. The molecule has 2 aliphatic carbocycles. The summed E-state index contributed by atoms with van der Waals surface area (Å²) in [4.78, 5) is 18.9. The molecule has 1 aromatic carbocycles. The van der Waals surface area contributed by atoms with Gasteiger partial charge in [0.2, 0.25) is 0 Å². The average molecular weight is 424 g/mol. The van der Waals surface area contributed by atoms with E-state index in [1.54, 1.807) is 11.3 Å². The third kappa shape index (κ3) is 4.80. The van der Waals surface area contributed by atoms with Crippen LogP contribution in [0.1, 0.15) is 74.8 Å². The molecule has 2 aromatic rings. The van der Waals surface area contributed by atoms with Gasteiger partial charge < -0.3 is 5.32 Å². The van der Waals surface area contributed by atoms with E-state index in [1.807, 2.05) is 6.07 Å². The summed E-state index contributed by atoms with van der Waals surface area (Å²) in [6, 6.07) is 10.4. The van der Waals surface area contributed by atoms with Crippen molar-refractivity contribution in [3.05, 3.63) is 47.5 Å². The molecule has 0 spiro atoms. The molecule has 4 heteroatoms. The number of thiazole rings is 1. The second kappa shape index (κ2) is 9.21. The van der Waals surface area contributed by atoms with Crippen LogP contribution in [0.4, 0.5) is 0 Å². The van der Waals surface area contributed by atoms with E-state index in [0.717, 1.165) is 48.2 Å². The van der Waals surface area contributed by atoms with Gasteiger partial charge in [-0.3, -0.25) is 4.79 Å². The quantitative estimate of drug-likeness (QED) is 0.489. The fraction of sp³-hybridized carbons (Fsp3) is 0.577. The van der Waals surface area contributed by atoms with Gasteiger partial charge in [0.05, 0.1) is 10.6 Å². The van der Waals surface area contributed by atoms with Gasteiger partial charge in [-0.2, -0.15) is 0 Å². The first-order valence-electron chi connectivity index (χ1n) is 11.7. The molecular weight excluding hydrogens is 388 g/mol. The summed E-state index contributed by atoms with van der Waals surface area (Å²) < 4.78 is 0. The molecule has 3 unspecified atom stereocenters. The molecule has 30 heavy (non-hydrogen) atoms. The van der Waals surface area contributed by atoms with Crippen LogP contribution in [-0.4, -0.2) is 17.4 Å². The highest BCUT2D eigenvalue weighted by Gasteiger charge is 2.52. The summed E-state index contributed by atoms with van der Waals surface area (Å²) in [6.45, 7) is 7.75. The largest absolute Gasteiger partial charge is 0.350 e. The lowest BCUT2D eigenvalue weighted by molar-refractivity contribution is 0.0943. The zero-order valence-corrected chi connectivity index (χ0v) is 19.4. The Kier molecular flexibility index (Phi) is 6.62. The van der Waals surface area contributed by atoms with E-state index in [1.165, 1.54) is 31.2 Å². The number of unbranched alkanes of at least 4 members (excludes halogenated alkanes) is 2. The second-order valence-electron chi connectivity index (χ2n) is 9.70. The van der Waals surface area contributed by atoms with Gasteiger partial charge in [-0.1, -0.05) is 63.9 Å². The number of benzene rings is 1. The van der Waals surface area contributed by atoms with Gasteiger partial charge in [0.15, 0.2) is 5.01 Å². The van der Waals surface area contributed by atoms with Crippen LogP contribution in [-0.2, 0) is 6.42 Å². The summed E-state index contributed by atoms with van der Waals surface area (Å²) in [5.74, 6) is 2.19. The van der Waals surface area contributed by atoms with Crippen molar-refractivity contribution in [3.8, 4) is 10.4 Å². The topological polar surface area (TPSA) is 42.0 Å².